The van der Waals surface area contributed by atoms with Crippen molar-refractivity contribution >= 4 is 28.9 Å². The summed E-state index contributed by atoms with van der Waals surface area (Å²) in [6.07, 6.45) is 2.71. The number of benzene rings is 4. The third-order valence-corrected chi connectivity index (χ3v) is 8.93. The highest BCUT2D eigenvalue weighted by molar-refractivity contribution is 6.06. The Labute approximate surface area is 270 Å². The van der Waals surface area contributed by atoms with Gasteiger partial charge in [-0.3, -0.25) is 9.59 Å². The van der Waals surface area contributed by atoms with Crippen molar-refractivity contribution in [2.75, 3.05) is 54.4 Å². The van der Waals surface area contributed by atoms with E-state index in [2.05, 4.69) is 76.6 Å². The SMILES string of the molecule is Cc1ccccc1N1CCN(c2ccc(-c3cccc(CN(CCCN)C(=O)C4CC4)c3)cc2NC(=O)c2ccc(F)cc2)CC1. The minimum atomic E-state index is -0.383. The molecule has 4 aromatic carbocycles. The lowest BCUT2D eigenvalue weighted by atomic mass is 10.0. The summed E-state index contributed by atoms with van der Waals surface area (Å²) in [6.45, 7) is 7.21. The fourth-order valence-corrected chi connectivity index (χ4v) is 6.20. The Bertz CT molecular complexity index is 1680. The van der Waals surface area contributed by atoms with Crippen LogP contribution in [-0.2, 0) is 11.3 Å². The minimum Gasteiger partial charge on any atom is -0.368 e. The van der Waals surface area contributed by atoms with E-state index in [1.54, 1.807) is 0 Å². The van der Waals surface area contributed by atoms with E-state index >= 15 is 0 Å². The molecule has 2 aliphatic rings. The van der Waals surface area contributed by atoms with Gasteiger partial charge in [0, 0.05) is 56.4 Å². The van der Waals surface area contributed by atoms with Gasteiger partial charge in [-0.25, -0.2) is 4.39 Å². The van der Waals surface area contributed by atoms with Crippen molar-refractivity contribution in [1.82, 2.24) is 4.90 Å². The predicted molar refractivity (Wildman–Crippen MR) is 184 cm³/mol. The van der Waals surface area contributed by atoms with Crippen molar-refractivity contribution < 1.29 is 14.0 Å². The van der Waals surface area contributed by atoms with Crippen LogP contribution in [0, 0.1) is 18.7 Å². The molecule has 1 aliphatic heterocycles. The molecule has 3 N–H and O–H groups in total. The number of carbonyl (C=O) groups excluding carboxylic acids is 2. The average molecular weight is 620 g/mol. The lowest BCUT2D eigenvalue weighted by molar-refractivity contribution is -0.133. The standard InChI is InChI=1S/C38H42FN5O2/c1-27-6-2-3-9-35(27)42-20-22-43(23-21-42)36-17-14-32(25-34(36)41-37(45)29-12-15-33(39)16-13-29)31-8-4-7-28(24-31)26-44(19-5-18-40)38(46)30-10-11-30/h2-4,6-9,12-17,24-25,30H,5,10-11,18-23,26,40H2,1H3,(H,41,45). The summed E-state index contributed by atoms with van der Waals surface area (Å²) < 4.78 is 13.6. The molecule has 6 rings (SSSR count). The number of nitrogens with two attached hydrogens (primary N) is 1. The van der Waals surface area contributed by atoms with Crippen molar-refractivity contribution in [3.8, 4) is 11.1 Å². The first-order valence-corrected chi connectivity index (χ1v) is 16.2. The summed E-state index contributed by atoms with van der Waals surface area (Å²) in [5.74, 6) is -0.304. The molecule has 2 fully saturated rings. The van der Waals surface area contributed by atoms with E-state index in [1.807, 2.05) is 17.0 Å². The van der Waals surface area contributed by atoms with Crippen LogP contribution < -0.4 is 20.9 Å². The molecule has 46 heavy (non-hydrogen) atoms. The Balaban J connectivity index is 1.26. The van der Waals surface area contributed by atoms with Crippen LogP contribution in [0.1, 0.15) is 40.7 Å². The van der Waals surface area contributed by atoms with Gasteiger partial charge in [0.2, 0.25) is 5.91 Å². The van der Waals surface area contributed by atoms with Crippen LogP contribution in [0.2, 0.25) is 0 Å². The van der Waals surface area contributed by atoms with E-state index in [-0.39, 0.29) is 23.5 Å². The number of rotatable bonds is 11. The molecule has 1 heterocycles. The first-order valence-electron chi connectivity index (χ1n) is 16.2. The molecule has 238 valence electrons. The van der Waals surface area contributed by atoms with Gasteiger partial charge in [-0.05, 0) is 104 Å². The first-order chi connectivity index (χ1) is 22.4. The molecule has 1 aliphatic carbocycles. The number of anilines is 3. The zero-order valence-electron chi connectivity index (χ0n) is 26.4. The van der Waals surface area contributed by atoms with Gasteiger partial charge in [0.25, 0.3) is 5.91 Å². The maximum atomic E-state index is 13.6. The Morgan fingerprint density at radius 2 is 1.54 bits per heavy atom. The van der Waals surface area contributed by atoms with Gasteiger partial charge >= 0.3 is 0 Å². The normalized spacial score (nSPS) is 14.7. The molecule has 1 saturated carbocycles. The summed E-state index contributed by atoms with van der Waals surface area (Å²) in [7, 11) is 0. The molecular weight excluding hydrogens is 577 g/mol. The minimum absolute atomic E-state index is 0.152. The van der Waals surface area contributed by atoms with Crippen LogP contribution in [0.25, 0.3) is 11.1 Å². The third kappa shape index (κ3) is 7.40. The summed E-state index contributed by atoms with van der Waals surface area (Å²) in [4.78, 5) is 33.0. The van der Waals surface area contributed by atoms with Crippen LogP contribution in [0.3, 0.4) is 0 Å². The van der Waals surface area contributed by atoms with Gasteiger partial charge in [0.15, 0.2) is 0 Å². The van der Waals surface area contributed by atoms with Gasteiger partial charge in [0.05, 0.1) is 11.4 Å². The summed E-state index contributed by atoms with van der Waals surface area (Å²) in [6, 6.07) is 28.5. The number of hydrogen-bond acceptors (Lipinski definition) is 5. The zero-order valence-corrected chi connectivity index (χ0v) is 26.4. The topological polar surface area (TPSA) is 81.9 Å². The summed E-state index contributed by atoms with van der Waals surface area (Å²) >= 11 is 0. The second kappa shape index (κ2) is 14.2. The van der Waals surface area contributed by atoms with Gasteiger partial charge < -0.3 is 25.8 Å². The highest BCUT2D eigenvalue weighted by Crippen LogP contribution is 2.35. The second-order valence-electron chi connectivity index (χ2n) is 12.3. The molecule has 4 aromatic rings. The lowest BCUT2D eigenvalue weighted by Gasteiger charge is -2.38. The Hall–Kier alpha value is -4.69. The van der Waals surface area contributed by atoms with Crippen LogP contribution in [-0.4, -0.2) is 56.0 Å². The molecule has 0 aromatic heterocycles. The van der Waals surface area contributed by atoms with Crippen molar-refractivity contribution in [2.45, 2.75) is 32.7 Å². The Kier molecular flexibility index (Phi) is 9.64. The van der Waals surface area contributed by atoms with E-state index in [0.717, 1.165) is 67.8 Å². The van der Waals surface area contributed by atoms with E-state index in [9.17, 15) is 14.0 Å². The third-order valence-electron chi connectivity index (χ3n) is 8.93. The molecule has 1 saturated heterocycles. The molecule has 7 nitrogen and oxygen atoms in total. The lowest BCUT2D eigenvalue weighted by Crippen LogP contribution is -2.47. The molecule has 0 atom stereocenters. The number of piperazine rings is 1. The van der Waals surface area contributed by atoms with Crippen LogP contribution in [0.4, 0.5) is 21.5 Å². The van der Waals surface area contributed by atoms with Crippen LogP contribution in [0.5, 0.6) is 0 Å². The quantitative estimate of drug-likeness (QED) is 0.201. The molecular formula is C38H42FN5O2. The number of amides is 2. The fourth-order valence-electron chi connectivity index (χ4n) is 6.20. The van der Waals surface area contributed by atoms with Crippen molar-refractivity contribution in [1.29, 1.82) is 0 Å². The van der Waals surface area contributed by atoms with Gasteiger partial charge in [-0.1, -0.05) is 42.5 Å². The molecule has 2 amide bonds. The van der Waals surface area contributed by atoms with E-state index < -0.39 is 0 Å². The second-order valence-corrected chi connectivity index (χ2v) is 12.3. The zero-order chi connectivity index (χ0) is 32.0. The molecule has 0 unspecified atom stereocenters. The predicted octanol–water partition coefficient (Wildman–Crippen LogP) is 6.47. The Morgan fingerprint density at radius 3 is 2.24 bits per heavy atom. The fraction of sp³-hybridized carbons (Fsp3) is 0.316. The monoisotopic (exact) mass is 619 g/mol. The van der Waals surface area contributed by atoms with Crippen molar-refractivity contribution in [3.05, 3.63) is 114 Å². The van der Waals surface area contributed by atoms with E-state index in [1.165, 1.54) is 35.5 Å². The van der Waals surface area contributed by atoms with Gasteiger partial charge in [-0.2, -0.15) is 0 Å². The van der Waals surface area contributed by atoms with Crippen molar-refractivity contribution in [3.63, 3.8) is 0 Å². The smallest absolute Gasteiger partial charge is 0.255 e. The molecule has 8 heteroatoms. The van der Waals surface area contributed by atoms with Gasteiger partial charge in [-0.15, -0.1) is 0 Å². The van der Waals surface area contributed by atoms with Crippen LogP contribution >= 0.6 is 0 Å². The van der Waals surface area contributed by atoms with E-state index in [0.29, 0.717) is 30.9 Å². The largest absolute Gasteiger partial charge is 0.368 e. The molecule has 0 radical (unpaired) electrons. The summed E-state index contributed by atoms with van der Waals surface area (Å²) in [5, 5.41) is 3.13. The highest BCUT2D eigenvalue weighted by Gasteiger charge is 2.33. The number of nitrogens with one attached hydrogen (secondary N) is 1. The van der Waals surface area contributed by atoms with E-state index in [4.69, 9.17) is 5.73 Å². The molecule has 0 bridgehead atoms. The van der Waals surface area contributed by atoms with Crippen LogP contribution in [0.15, 0.2) is 91.0 Å². The average Bonchev–Trinajstić information content (AvgIpc) is 3.93. The first kappa shape index (κ1) is 31.3. The van der Waals surface area contributed by atoms with Gasteiger partial charge in [0.1, 0.15) is 5.82 Å². The number of aryl methyl sites for hydroxylation is 1. The maximum Gasteiger partial charge on any atom is 0.255 e. The number of carbonyl (C=O) groups is 2. The highest BCUT2D eigenvalue weighted by atomic mass is 19.1. The number of halogens is 1. The maximum absolute atomic E-state index is 13.6. The molecule has 0 spiro atoms. The number of hydrogen-bond donors (Lipinski definition) is 2. The van der Waals surface area contributed by atoms with Crippen molar-refractivity contribution in [2.24, 2.45) is 11.7 Å². The number of nitrogens with zero attached hydrogens (tertiary/aromatic N) is 3. The summed E-state index contributed by atoms with van der Waals surface area (Å²) in [5.41, 5.74) is 13.3. The number of para-hydroxylation sites is 1. The Morgan fingerprint density at radius 1 is 0.848 bits per heavy atom.